The lowest BCUT2D eigenvalue weighted by atomic mass is 9.74. The van der Waals surface area contributed by atoms with Crippen LogP contribution in [0, 0.1) is 12.3 Å². The SMILES string of the molecule is Cc1nn(C)c(CC2=CC(N)CC(C)(C)C2)c1Cl. The average molecular weight is 268 g/mol. The molecule has 4 heteroatoms. The summed E-state index contributed by atoms with van der Waals surface area (Å²) in [6.07, 6.45) is 5.19. The fraction of sp³-hybridized carbons (Fsp3) is 0.643. The first-order valence-electron chi connectivity index (χ1n) is 6.41. The molecule has 1 aromatic rings. The number of aryl methyl sites for hydroxylation is 2. The van der Waals surface area contributed by atoms with Crippen molar-refractivity contribution in [1.29, 1.82) is 0 Å². The number of rotatable bonds is 2. The Labute approximate surface area is 114 Å². The summed E-state index contributed by atoms with van der Waals surface area (Å²) < 4.78 is 1.88. The second kappa shape index (κ2) is 4.71. The van der Waals surface area contributed by atoms with Gasteiger partial charge in [-0.3, -0.25) is 4.68 Å². The van der Waals surface area contributed by atoms with Gasteiger partial charge in [-0.05, 0) is 25.2 Å². The summed E-state index contributed by atoms with van der Waals surface area (Å²) in [5, 5.41) is 5.15. The Balaban J connectivity index is 2.24. The van der Waals surface area contributed by atoms with E-state index in [2.05, 4.69) is 25.0 Å². The van der Waals surface area contributed by atoms with Gasteiger partial charge in [-0.1, -0.05) is 37.1 Å². The normalized spacial score (nSPS) is 23.0. The first-order chi connectivity index (χ1) is 8.28. The van der Waals surface area contributed by atoms with Gasteiger partial charge in [0.1, 0.15) is 0 Å². The van der Waals surface area contributed by atoms with Crippen molar-refractivity contribution in [2.45, 2.75) is 46.1 Å². The van der Waals surface area contributed by atoms with Crippen LogP contribution in [0.25, 0.3) is 0 Å². The lowest BCUT2D eigenvalue weighted by molar-refractivity contribution is 0.299. The topological polar surface area (TPSA) is 43.8 Å². The van der Waals surface area contributed by atoms with Crippen molar-refractivity contribution < 1.29 is 0 Å². The maximum absolute atomic E-state index is 6.30. The fourth-order valence-corrected chi connectivity index (χ4v) is 3.18. The minimum Gasteiger partial charge on any atom is -0.324 e. The van der Waals surface area contributed by atoms with Crippen molar-refractivity contribution in [1.82, 2.24) is 9.78 Å². The van der Waals surface area contributed by atoms with Crippen molar-refractivity contribution in [2.75, 3.05) is 0 Å². The number of hydrogen-bond acceptors (Lipinski definition) is 2. The maximum atomic E-state index is 6.30. The van der Waals surface area contributed by atoms with Gasteiger partial charge in [0.25, 0.3) is 0 Å². The standard InChI is InChI=1S/C14H22ClN3/c1-9-13(15)12(18(4)17-9)6-10-5-11(16)8-14(2,3)7-10/h5,11H,6-8,16H2,1-4H3. The van der Waals surface area contributed by atoms with E-state index in [1.165, 1.54) is 5.57 Å². The molecule has 0 saturated heterocycles. The summed E-state index contributed by atoms with van der Waals surface area (Å²) in [5.41, 5.74) is 9.75. The first-order valence-corrected chi connectivity index (χ1v) is 6.79. The average Bonchev–Trinajstić information content (AvgIpc) is 2.42. The number of nitrogens with zero attached hydrogens (tertiary/aromatic N) is 2. The number of aromatic nitrogens is 2. The minimum atomic E-state index is 0.164. The van der Waals surface area contributed by atoms with Crippen LogP contribution < -0.4 is 5.73 Å². The van der Waals surface area contributed by atoms with Crippen LogP contribution in [0.3, 0.4) is 0 Å². The monoisotopic (exact) mass is 267 g/mol. The van der Waals surface area contributed by atoms with Crippen LogP contribution >= 0.6 is 11.6 Å². The van der Waals surface area contributed by atoms with Gasteiger partial charge in [0.05, 0.1) is 16.4 Å². The molecule has 1 atom stereocenters. The molecule has 0 aliphatic heterocycles. The molecule has 2 rings (SSSR count). The van der Waals surface area contributed by atoms with Crippen molar-refractivity contribution >= 4 is 11.6 Å². The third-order valence-electron chi connectivity index (χ3n) is 3.60. The molecule has 3 nitrogen and oxygen atoms in total. The summed E-state index contributed by atoms with van der Waals surface area (Å²) in [4.78, 5) is 0. The van der Waals surface area contributed by atoms with Gasteiger partial charge in [0.2, 0.25) is 0 Å². The molecule has 0 spiro atoms. The lowest BCUT2D eigenvalue weighted by Gasteiger charge is -2.33. The molecule has 0 amide bonds. The summed E-state index contributed by atoms with van der Waals surface area (Å²) >= 11 is 6.30. The van der Waals surface area contributed by atoms with Gasteiger partial charge in [-0.15, -0.1) is 0 Å². The highest BCUT2D eigenvalue weighted by molar-refractivity contribution is 6.31. The zero-order chi connectivity index (χ0) is 13.5. The van der Waals surface area contributed by atoms with Crippen LogP contribution in [0.2, 0.25) is 5.02 Å². The van der Waals surface area contributed by atoms with Gasteiger partial charge >= 0.3 is 0 Å². The van der Waals surface area contributed by atoms with Gasteiger partial charge < -0.3 is 5.73 Å². The highest BCUT2D eigenvalue weighted by Crippen LogP contribution is 2.36. The van der Waals surface area contributed by atoms with E-state index in [0.29, 0.717) is 0 Å². The summed E-state index contributed by atoms with van der Waals surface area (Å²) in [6.45, 7) is 6.49. The van der Waals surface area contributed by atoms with Crippen LogP contribution in [-0.4, -0.2) is 15.8 Å². The third kappa shape index (κ3) is 2.78. The molecule has 0 bridgehead atoms. The van der Waals surface area contributed by atoms with Gasteiger partial charge in [-0.25, -0.2) is 0 Å². The third-order valence-corrected chi connectivity index (χ3v) is 4.09. The Morgan fingerprint density at radius 2 is 2.22 bits per heavy atom. The van der Waals surface area contributed by atoms with Crippen LogP contribution in [0.4, 0.5) is 0 Å². The summed E-state index contributed by atoms with van der Waals surface area (Å²) in [5.74, 6) is 0. The van der Waals surface area contributed by atoms with E-state index in [-0.39, 0.29) is 11.5 Å². The Kier molecular flexibility index (Phi) is 3.56. The number of hydrogen-bond donors (Lipinski definition) is 1. The number of nitrogens with two attached hydrogens (primary N) is 1. The molecule has 1 aliphatic carbocycles. The smallest absolute Gasteiger partial charge is 0.0850 e. The maximum Gasteiger partial charge on any atom is 0.0850 e. The lowest BCUT2D eigenvalue weighted by Crippen LogP contribution is -2.31. The van der Waals surface area contributed by atoms with Crippen LogP contribution in [0.15, 0.2) is 11.6 Å². The predicted octanol–water partition coefficient (Wildman–Crippen LogP) is 3.00. The molecule has 1 aromatic heterocycles. The van der Waals surface area contributed by atoms with E-state index in [9.17, 15) is 0 Å². The van der Waals surface area contributed by atoms with E-state index in [4.69, 9.17) is 17.3 Å². The number of halogens is 1. The second-order valence-electron chi connectivity index (χ2n) is 6.18. The molecule has 1 aliphatic rings. The molecular formula is C14H22ClN3. The second-order valence-corrected chi connectivity index (χ2v) is 6.56. The van der Waals surface area contributed by atoms with Crippen molar-refractivity contribution in [2.24, 2.45) is 18.2 Å². The van der Waals surface area contributed by atoms with Crippen LogP contribution in [0.1, 0.15) is 38.1 Å². The summed E-state index contributed by atoms with van der Waals surface area (Å²) in [7, 11) is 1.95. The Morgan fingerprint density at radius 3 is 2.72 bits per heavy atom. The fourth-order valence-electron chi connectivity index (χ4n) is 2.95. The van der Waals surface area contributed by atoms with E-state index >= 15 is 0 Å². The molecule has 1 unspecified atom stereocenters. The molecule has 0 saturated carbocycles. The van der Waals surface area contributed by atoms with Gasteiger partial charge in [0.15, 0.2) is 0 Å². The molecular weight excluding hydrogens is 246 g/mol. The van der Waals surface area contributed by atoms with E-state index in [1.807, 2.05) is 18.7 Å². The molecule has 18 heavy (non-hydrogen) atoms. The molecule has 0 fully saturated rings. The highest BCUT2D eigenvalue weighted by atomic mass is 35.5. The largest absolute Gasteiger partial charge is 0.324 e. The predicted molar refractivity (Wildman–Crippen MR) is 75.7 cm³/mol. The quantitative estimate of drug-likeness (QED) is 0.837. The summed E-state index contributed by atoms with van der Waals surface area (Å²) in [6, 6.07) is 0.164. The highest BCUT2D eigenvalue weighted by Gasteiger charge is 2.27. The first kappa shape index (κ1) is 13.6. The Morgan fingerprint density at radius 1 is 1.56 bits per heavy atom. The molecule has 2 N–H and O–H groups in total. The minimum absolute atomic E-state index is 0.164. The zero-order valence-electron chi connectivity index (χ0n) is 11.6. The van der Waals surface area contributed by atoms with Crippen molar-refractivity contribution in [3.8, 4) is 0 Å². The molecule has 100 valence electrons. The van der Waals surface area contributed by atoms with E-state index in [1.54, 1.807) is 0 Å². The van der Waals surface area contributed by atoms with Crippen molar-refractivity contribution in [3.63, 3.8) is 0 Å². The Hall–Kier alpha value is -0.800. The van der Waals surface area contributed by atoms with E-state index in [0.717, 1.165) is 35.7 Å². The molecule has 0 radical (unpaired) electrons. The zero-order valence-corrected chi connectivity index (χ0v) is 12.4. The number of allylic oxidation sites excluding steroid dienone is 1. The molecule has 1 heterocycles. The Bertz CT molecular complexity index is 485. The van der Waals surface area contributed by atoms with Crippen LogP contribution in [-0.2, 0) is 13.5 Å². The van der Waals surface area contributed by atoms with Crippen LogP contribution in [0.5, 0.6) is 0 Å². The molecule has 0 aromatic carbocycles. The van der Waals surface area contributed by atoms with Crippen molar-refractivity contribution in [3.05, 3.63) is 28.1 Å². The van der Waals surface area contributed by atoms with E-state index < -0.39 is 0 Å². The van der Waals surface area contributed by atoms with Gasteiger partial charge in [-0.2, -0.15) is 5.10 Å². The van der Waals surface area contributed by atoms with Gasteiger partial charge in [0, 0.05) is 19.5 Å².